The van der Waals surface area contributed by atoms with E-state index in [0.29, 0.717) is 6.04 Å². The van der Waals surface area contributed by atoms with E-state index in [0.717, 1.165) is 37.6 Å². The Kier molecular flexibility index (Phi) is 5.62. The molecule has 0 unspecified atom stereocenters. The summed E-state index contributed by atoms with van der Waals surface area (Å²) in [6.45, 7) is 10.8. The van der Waals surface area contributed by atoms with Crippen LogP contribution >= 0.6 is 12.4 Å². The van der Waals surface area contributed by atoms with Crippen LogP contribution in [0, 0.1) is 13.8 Å². The Labute approximate surface area is 138 Å². The summed E-state index contributed by atoms with van der Waals surface area (Å²) in [5, 5.41) is 8.23. The largest absolute Gasteiger partial charge is 0.312 e. The Bertz CT molecular complexity index is 609. The maximum atomic E-state index is 4.74. The SMILES string of the molecule is Cc1nn(-c2ccccc2)c(C)c1CN1CCN[C@H](C)C1.Cl. The third kappa shape index (κ3) is 3.51. The molecule has 120 valence electrons. The summed E-state index contributed by atoms with van der Waals surface area (Å²) in [7, 11) is 0. The first-order valence-electron chi connectivity index (χ1n) is 7.71. The third-order valence-electron chi connectivity index (χ3n) is 4.28. The zero-order valence-corrected chi connectivity index (χ0v) is 14.4. The van der Waals surface area contributed by atoms with E-state index >= 15 is 0 Å². The monoisotopic (exact) mass is 320 g/mol. The lowest BCUT2D eigenvalue weighted by Gasteiger charge is -2.31. The fourth-order valence-electron chi connectivity index (χ4n) is 3.10. The molecule has 1 aromatic heterocycles. The Balaban J connectivity index is 0.00000176. The van der Waals surface area contributed by atoms with Crippen molar-refractivity contribution in [2.45, 2.75) is 33.4 Å². The minimum Gasteiger partial charge on any atom is -0.312 e. The molecule has 0 radical (unpaired) electrons. The van der Waals surface area contributed by atoms with Gasteiger partial charge in [0.25, 0.3) is 0 Å². The van der Waals surface area contributed by atoms with E-state index in [1.807, 2.05) is 6.07 Å². The molecule has 1 aromatic carbocycles. The van der Waals surface area contributed by atoms with E-state index < -0.39 is 0 Å². The van der Waals surface area contributed by atoms with Crippen molar-refractivity contribution in [3.8, 4) is 5.69 Å². The number of rotatable bonds is 3. The molecule has 5 heteroatoms. The fraction of sp³-hybridized carbons (Fsp3) is 0.471. The van der Waals surface area contributed by atoms with Gasteiger partial charge in [0, 0.05) is 43.5 Å². The summed E-state index contributed by atoms with van der Waals surface area (Å²) in [5.41, 5.74) is 4.90. The zero-order chi connectivity index (χ0) is 14.8. The van der Waals surface area contributed by atoms with Crippen molar-refractivity contribution in [1.29, 1.82) is 0 Å². The maximum Gasteiger partial charge on any atom is 0.0648 e. The fourth-order valence-corrected chi connectivity index (χ4v) is 3.10. The van der Waals surface area contributed by atoms with E-state index in [2.05, 4.69) is 59.9 Å². The van der Waals surface area contributed by atoms with Gasteiger partial charge in [0.05, 0.1) is 11.4 Å². The number of halogens is 1. The van der Waals surface area contributed by atoms with Crippen LogP contribution < -0.4 is 5.32 Å². The summed E-state index contributed by atoms with van der Waals surface area (Å²) >= 11 is 0. The van der Waals surface area contributed by atoms with E-state index in [4.69, 9.17) is 5.10 Å². The molecule has 0 saturated carbocycles. The maximum absolute atomic E-state index is 4.74. The third-order valence-corrected chi connectivity index (χ3v) is 4.28. The number of benzene rings is 1. The lowest BCUT2D eigenvalue weighted by Crippen LogP contribution is -2.48. The van der Waals surface area contributed by atoms with Crippen molar-refractivity contribution in [2.75, 3.05) is 19.6 Å². The van der Waals surface area contributed by atoms with Crippen molar-refractivity contribution in [3.63, 3.8) is 0 Å². The lowest BCUT2D eigenvalue weighted by atomic mass is 10.1. The van der Waals surface area contributed by atoms with Crippen molar-refractivity contribution in [1.82, 2.24) is 20.0 Å². The molecule has 2 aromatic rings. The average Bonchev–Trinajstić information content (AvgIpc) is 2.76. The molecular formula is C17H25ClN4. The second-order valence-electron chi connectivity index (χ2n) is 5.99. The van der Waals surface area contributed by atoms with E-state index in [1.54, 1.807) is 0 Å². The Morgan fingerprint density at radius 1 is 1.23 bits per heavy atom. The second kappa shape index (κ2) is 7.27. The van der Waals surface area contributed by atoms with Gasteiger partial charge in [-0.25, -0.2) is 4.68 Å². The average molecular weight is 321 g/mol. The molecule has 3 rings (SSSR count). The topological polar surface area (TPSA) is 33.1 Å². The van der Waals surface area contributed by atoms with Crippen LogP contribution in [0.2, 0.25) is 0 Å². The summed E-state index contributed by atoms with van der Waals surface area (Å²) in [5.74, 6) is 0. The van der Waals surface area contributed by atoms with Gasteiger partial charge in [-0.05, 0) is 32.9 Å². The van der Waals surface area contributed by atoms with Crippen molar-refractivity contribution < 1.29 is 0 Å². The molecule has 1 fully saturated rings. The number of para-hydroxylation sites is 1. The van der Waals surface area contributed by atoms with E-state index in [9.17, 15) is 0 Å². The van der Waals surface area contributed by atoms with Crippen LogP contribution in [0.4, 0.5) is 0 Å². The molecule has 22 heavy (non-hydrogen) atoms. The molecule has 0 amide bonds. The molecule has 1 N–H and O–H groups in total. The molecule has 2 heterocycles. The highest BCUT2D eigenvalue weighted by atomic mass is 35.5. The number of nitrogens with zero attached hydrogens (tertiary/aromatic N) is 3. The summed E-state index contributed by atoms with van der Waals surface area (Å²) in [4.78, 5) is 2.52. The smallest absolute Gasteiger partial charge is 0.0648 e. The highest BCUT2D eigenvalue weighted by Gasteiger charge is 2.19. The molecule has 0 bridgehead atoms. The van der Waals surface area contributed by atoms with Crippen molar-refractivity contribution in [3.05, 3.63) is 47.3 Å². The predicted octanol–water partition coefficient (Wildman–Crippen LogP) is 2.70. The van der Waals surface area contributed by atoms with Gasteiger partial charge in [-0.15, -0.1) is 12.4 Å². The van der Waals surface area contributed by atoms with Gasteiger partial charge >= 0.3 is 0 Å². The van der Waals surface area contributed by atoms with Gasteiger partial charge in [0.1, 0.15) is 0 Å². The standard InChI is InChI=1S/C17H24N4.ClH/c1-13-11-20(10-9-18-13)12-17-14(2)19-21(15(17)3)16-7-5-4-6-8-16;/h4-8,13,18H,9-12H2,1-3H3;1H/t13-;/m1./s1. The normalized spacial score (nSPS) is 19.0. The Morgan fingerprint density at radius 3 is 2.64 bits per heavy atom. The van der Waals surface area contributed by atoms with Crippen LogP contribution in [0.15, 0.2) is 30.3 Å². The highest BCUT2D eigenvalue weighted by Crippen LogP contribution is 2.20. The van der Waals surface area contributed by atoms with Crippen LogP contribution in [0.5, 0.6) is 0 Å². The second-order valence-corrected chi connectivity index (χ2v) is 5.99. The summed E-state index contributed by atoms with van der Waals surface area (Å²) in [6, 6.07) is 10.9. The first kappa shape index (κ1) is 17.0. The first-order chi connectivity index (χ1) is 10.1. The van der Waals surface area contributed by atoms with Crippen LogP contribution in [-0.2, 0) is 6.54 Å². The Morgan fingerprint density at radius 2 is 1.95 bits per heavy atom. The van der Waals surface area contributed by atoms with Crippen LogP contribution in [0.3, 0.4) is 0 Å². The number of aromatic nitrogens is 2. The van der Waals surface area contributed by atoms with Crippen LogP contribution in [-0.4, -0.2) is 40.4 Å². The summed E-state index contributed by atoms with van der Waals surface area (Å²) < 4.78 is 2.07. The highest BCUT2D eigenvalue weighted by molar-refractivity contribution is 5.85. The minimum atomic E-state index is 0. The number of nitrogens with one attached hydrogen (secondary N) is 1. The molecule has 1 saturated heterocycles. The van der Waals surface area contributed by atoms with Gasteiger partial charge in [0.2, 0.25) is 0 Å². The van der Waals surface area contributed by atoms with Gasteiger partial charge in [-0.1, -0.05) is 18.2 Å². The van der Waals surface area contributed by atoms with Crippen LogP contribution in [0.1, 0.15) is 23.9 Å². The van der Waals surface area contributed by atoms with Gasteiger partial charge in [-0.3, -0.25) is 4.90 Å². The van der Waals surface area contributed by atoms with Gasteiger partial charge in [0.15, 0.2) is 0 Å². The van der Waals surface area contributed by atoms with Gasteiger partial charge in [-0.2, -0.15) is 5.10 Å². The molecule has 4 nitrogen and oxygen atoms in total. The first-order valence-corrected chi connectivity index (χ1v) is 7.71. The molecule has 1 aliphatic rings. The van der Waals surface area contributed by atoms with Crippen molar-refractivity contribution >= 4 is 12.4 Å². The molecule has 1 atom stereocenters. The molecule has 0 aliphatic carbocycles. The van der Waals surface area contributed by atoms with E-state index in [1.165, 1.54) is 11.3 Å². The van der Waals surface area contributed by atoms with Gasteiger partial charge < -0.3 is 5.32 Å². The van der Waals surface area contributed by atoms with Crippen molar-refractivity contribution in [2.24, 2.45) is 0 Å². The predicted molar refractivity (Wildman–Crippen MR) is 93.0 cm³/mol. The molecule has 1 aliphatic heterocycles. The number of hydrogen-bond acceptors (Lipinski definition) is 3. The quantitative estimate of drug-likeness (QED) is 0.944. The zero-order valence-electron chi connectivity index (χ0n) is 13.5. The number of aryl methyl sites for hydroxylation is 1. The molecule has 0 spiro atoms. The number of hydrogen-bond donors (Lipinski definition) is 1. The molecular weight excluding hydrogens is 296 g/mol. The number of piperazine rings is 1. The van der Waals surface area contributed by atoms with Crippen LogP contribution in [0.25, 0.3) is 5.69 Å². The minimum absolute atomic E-state index is 0. The Hall–Kier alpha value is -1.36. The van der Waals surface area contributed by atoms with E-state index in [-0.39, 0.29) is 12.4 Å². The summed E-state index contributed by atoms with van der Waals surface area (Å²) in [6.07, 6.45) is 0. The lowest BCUT2D eigenvalue weighted by molar-refractivity contribution is 0.199.